The van der Waals surface area contributed by atoms with Crippen molar-refractivity contribution < 1.29 is 9.68 Å². The molecule has 0 saturated heterocycles. The van der Waals surface area contributed by atoms with Gasteiger partial charge in [0.25, 0.3) is 0 Å². The van der Waals surface area contributed by atoms with Gasteiger partial charge in [0.05, 0.1) is 0 Å². The summed E-state index contributed by atoms with van der Waals surface area (Å²) in [5.74, 6) is 0. The summed E-state index contributed by atoms with van der Waals surface area (Å²) in [7, 11) is 1.50. The lowest BCUT2D eigenvalue weighted by Crippen LogP contribution is -2.06. The molecule has 0 saturated carbocycles. The summed E-state index contributed by atoms with van der Waals surface area (Å²) in [4.78, 5) is 9.37. The molecule has 0 aliphatic rings. The molecule has 4 heteroatoms. The van der Waals surface area contributed by atoms with Gasteiger partial charge in [-0.1, -0.05) is 10.3 Å². The third kappa shape index (κ3) is 4.36. The summed E-state index contributed by atoms with van der Waals surface area (Å²) in [6.07, 6.45) is 0. The number of rotatable bonds is 4. The minimum Gasteiger partial charge on any atom is -0.399 e. The Balaban J connectivity index is 4.00. The predicted molar refractivity (Wildman–Crippen MR) is 44.9 cm³/mol. The maximum absolute atomic E-state index is 4.81. The zero-order chi connectivity index (χ0) is 8.69. The van der Waals surface area contributed by atoms with Gasteiger partial charge >= 0.3 is 0 Å². The highest BCUT2D eigenvalue weighted by molar-refractivity contribution is 6.40. The van der Waals surface area contributed by atoms with E-state index in [9.17, 15) is 0 Å². The van der Waals surface area contributed by atoms with Crippen LogP contribution in [0.15, 0.2) is 10.3 Å². The molecule has 0 spiro atoms. The molecule has 0 fully saturated rings. The molecule has 0 heterocycles. The summed E-state index contributed by atoms with van der Waals surface area (Å²) in [5, 5.41) is 7.45. The van der Waals surface area contributed by atoms with Crippen molar-refractivity contribution >= 4 is 11.4 Å². The topological polar surface area (TPSA) is 43.2 Å². The normalized spacial score (nSPS) is 13.1. The molecule has 0 radical (unpaired) electrons. The van der Waals surface area contributed by atoms with Gasteiger partial charge in [0.1, 0.15) is 25.1 Å². The molecular weight excluding hydrogens is 144 g/mol. The highest BCUT2D eigenvalue weighted by Gasteiger charge is 1.96. The highest BCUT2D eigenvalue weighted by Crippen LogP contribution is 1.86. The Hall–Kier alpha value is -1.06. The summed E-state index contributed by atoms with van der Waals surface area (Å²) in [6.45, 7) is 6.06. The van der Waals surface area contributed by atoms with Crippen LogP contribution in [0.4, 0.5) is 0 Å². The van der Waals surface area contributed by atoms with Crippen LogP contribution in [0.25, 0.3) is 0 Å². The minimum atomic E-state index is 0.567. The van der Waals surface area contributed by atoms with Gasteiger partial charge in [-0.2, -0.15) is 0 Å². The van der Waals surface area contributed by atoms with Gasteiger partial charge in [0, 0.05) is 0 Å². The van der Waals surface area contributed by atoms with Gasteiger partial charge in [-0.25, -0.2) is 0 Å². The first-order chi connectivity index (χ1) is 5.22. The summed E-state index contributed by atoms with van der Waals surface area (Å²) < 4.78 is 0. The van der Waals surface area contributed by atoms with E-state index < -0.39 is 0 Å². The molecule has 0 atom stereocenters. The van der Waals surface area contributed by atoms with E-state index in [2.05, 4.69) is 15.1 Å². The van der Waals surface area contributed by atoms with E-state index in [0.29, 0.717) is 6.61 Å². The Morgan fingerprint density at radius 1 is 1.18 bits per heavy atom. The van der Waals surface area contributed by atoms with E-state index in [1.807, 2.05) is 13.8 Å². The summed E-state index contributed by atoms with van der Waals surface area (Å²) in [6, 6.07) is 0. The molecule has 0 amide bonds. The minimum absolute atomic E-state index is 0.567. The van der Waals surface area contributed by atoms with Gasteiger partial charge in [0.2, 0.25) is 0 Å². The van der Waals surface area contributed by atoms with Crippen molar-refractivity contribution in [3.63, 3.8) is 0 Å². The summed E-state index contributed by atoms with van der Waals surface area (Å²) in [5.41, 5.74) is 1.45. The number of hydrogen-bond acceptors (Lipinski definition) is 4. The van der Waals surface area contributed by atoms with Crippen molar-refractivity contribution in [3.05, 3.63) is 0 Å². The SMILES string of the molecule is CCO/N=C(C)/C(C)=N/OC. The summed E-state index contributed by atoms with van der Waals surface area (Å²) >= 11 is 0. The molecule has 0 bridgehead atoms. The smallest absolute Gasteiger partial charge is 0.114 e. The van der Waals surface area contributed by atoms with Crippen molar-refractivity contribution in [2.24, 2.45) is 10.3 Å². The fourth-order valence-corrected chi connectivity index (χ4v) is 0.430. The molecule has 0 aliphatic heterocycles. The van der Waals surface area contributed by atoms with Crippen LogP contribution in [0.1, 0.15) is 20.8 Å². The molecule has 0 aromatic rings. The van der Waals surface area contributed by atoms with E-state index in [1.165, 1.54) is 7.11 Å². The van der Waals surface area contributed by atoms with E-state index >= 15 is 0 Å². The Bertz CT molecular complexity index is 164. The van der Waals surface area contributed by atoms with Crippen LogP contribution in [-0.4, -0.2) is 25.1 Å². The standard InChI is InChI=1S/C7H14N2O2/c1-5-11-9-7(3)6(2)8-10-4/h5H2,1-4H3/b8-6+,9-7+. The quantitative estimate of drug-likeness (QED) is 0.458. The highest BCUT2D eigenvalue weighted by atomic mass is 16.6. The average molecular weight is 158 g/mol. The molecule has 0 aliphatic carbocycles. The lowest BCUT2D eigenvalue weighted by atomic mass is 10.3. The fourth-order valence-electron chi connectivity index (χ4n) is 0.430. The van der Waals surface area contributed by atoms with Crippen LogP contribution in [-0.2, 0) is 9.68 Å². The van der Waals surface area contributed by atoms with E-state index in [4.69, 9.17) is 4.84 Å². The maximum Gasteiger partial charge on any atom is 0.114 e. The molecule has 11 heavy (non-hydrogen) atoms. The van der Waals surface area contributed by atoms with Crippen LogP contribution in [0, 0.1) is 0 Å². The maximum atomic E-state index is 4.81. The zero-order valence-corrected chi connectivity index (χ0v) is 7.42. The van der Waals surface area contributed by atoms with E-state index in [1.54, 1.807) is 6.92 Å². The second-order valence-electron chi connectivity index (χ2n) is 1.95. The fraction of sp³-hybridized carbons (Fsp3) is 0.714. The first-order valence-corrected chi connectivity index (χ1v) is 3.47. The third-order valence-electron chi connectivity index (χ3n) is 1.08. The Morgan fingerprint density at radius 3 is 2.18 bits per heavy atom. The molecule has 0 aromatic carbocycles. The predicted octanol–water partition coefficient (Wildman–Crippen LogP) is 1.42. The number of nitrogens with zero attached hydrogens (tertiary/aromatic N) is 2. The molecule has 0 aromatic heterocycles. The van der Waals surface area contributed by atoms with E-state index in [0.717, 1.165) is 11.4 Å². The molecule has 0 unspecified atom stereocenters. The van der Waals surface area contributed by atoms with Gasteiger partial charge in [-0.05, 0) is 20.8 Å². The molecular formula is C7H14N2O2. The van der Waals surface area contributed by atoms with Crippen molar-refractivity contribution in [1.82, 2.24) is 0 Å². The molecule has 64 valence electrons. The zero-order valence-electron chi connectivity index (χ0n) is 7.42. The van der Waals surface area contributed by atoms with Crippen molar-refractivity contribution in [2.75, 3.05) is 13.7 Å². The first-order valence-electron chi connectivity index (χ1n) is 3.47. The Labute approximate surface area is 66.9 Å². The monoisotopic (exact) mass is 158 g/mol. The Kier molecular flexibility index (Phi) is 5.15. The number of hydrogen-bond donors (Lipinski definition) is 0. The van der Waals surface area contributed by atoms with Crippen molar-refractivity contribution in [1.29, 1.82) is 0 Å². The number of oxime groups is 2. The molecule has 0 rings (SSSR count). The third-order valence-corrected chi connectivity index (χ3v) is 1.08. The van der Waals surface area contributed by atoms with Gasteiger partial charge in [0.15, 0.2) is 0 Å². The second kappa shape index (κ2) is 5.70. The van der Waals surface area contributed by atoms with Crippen LogP contribution >= 0.6 is 0 Å². The van der Waals surface area contributed by atoms with Crippen molar-refractivity contribution in [3.8, 4) is 0 Å². The Morgan fingerprint density at radius 2 is 1.73 bits per heavy atom. The van der Waals surface area contributed by atoms with Crippen LogP contribution in [0.3, 0.4) is 0 Å². The van der Waals surface area contributed by atoms with Crippen LogP contribution < -0.4 is 0 Å². The first kappa shape index (κ1) is 9.94. The van der Waals surface area contributed by atoms with Gasteiger partial charge < -0.3 is 9.68 Å². The lowest BCUT2D eigenvalue weighted by molar-refractivity contribution is 0.159. The lowest BCUT2D eigenvalue weighted by Gasteiger charge is -1.97. The molecule has 0 N–H and O–H groups in total. The second-order valence-corrected chi connectivity index (χ2v) is 1.95. The van der Waals surface area contributed by atoms with E-state index in [-0.39, 0.29) is 0 Å². The molecule has 4 nitrogen and oxygen atoms in total. The van der Waals surface area contributed by atoms with Gasteiger partial charge in [-0.15, -0.1) is 0 Å². The van der Waals surface area contributed by atoms with Crippen LogP contribution in [0.2, 0.25) is 0 Å². The van der Waals surface area contributed by atoms with Gasteiger partial charge in [-0.3, -0.25) is 0 Å². The van der Waals surface area contributed by atoms with Crippen LogP contribution in [0.5, 0.6) is 0 Å². The largest absolute Gasteiger partial charge is 0.399 e. The van der Waals surface area contributed by atoms with Crippen molar-refractivity contribution in [2.45, 2.75) is 20.8 Å². The average Bonchev–Trinajstić information content (AvgIpc) is 2.00.